The van der Waals surface area contributed by atoms with E-state index in [0.717, 1.165) is 18.2 Å². The highest BCUT2D eigenvalue weighted by Crippen LogP contribution is 2.37. The van der Waals surface area contributed by atoms with Crippen molar-refractivity contribution >= 4 is 21.2 Å². The normalized spacial score (nSPS) is 11.6. The van der Waals surface area contributed by atoms with Gasteiger partial charge in [-0.25, -0.2) is 0 Å². The monoisotopic (exact) mass is 488 g/mol. The lowest BCUT2D eigenvalue weighted by atomic mass is 10.1. The van der Waals surface area contributed by atoms with Crippen LogP contribution < -0.4 is 4.74 Å². The third-order valence-corrected chi connectivity index (χ3v) is 4.80. The second-order valence-corrected chi connectivity index (χ2v) is 7.34. The third-order valence-electron chi connectivity index (χ3n) is 4.12. The lowest BCUT2D eigenvalue weighted by Gasteiger charge is -2.15. The quantitative estimate of drug-likeness (QED) is 0.205. The highest BCUT2D eigenvalue weighted by molar-refractivity contribution is 7.99. The van der Waals surface area contributed by atoms with E-state index in [4.69, 9.17) is 14.7 Å². The van der Waals surface area contributed by atoms with Crippen LogP contribution in [0.3, 0.4) is 0 Å². The van der Waals surface area contributed by atoms with Crippen LogP contribution in [0.2, 0.25) is 0 Å². The Kier molecular flexibility index (Phi) is 11.7. The Morgan fingerprint density at radius 2 is 1.45 bits per heavy atom. The van der Waals surface area contributed by atoms with Crippen LogP contribution in [0.15, 0.2) is 42.5 Å². The molecule has 0 fully saturated rings. The van der Waals surface area contributed by atoms with Gasteiger partial charge in [-0.1, -0.05) is 18.2 Å². The van der Waals surface area contributed by atoms with Gasteiger partial charge in [0.15, 0.2) is 0 Å². The predicted molar refractivity (Wildman–Crippen MR) is 112 cm³/mol. The molecule has 1 atom stereocenters. The molecule has 0 aromatic heterocycles. The van der Waals surface area contributed by atoms with Gasteiger partial charge < -0.3 is 14.7 Å². The first kappa shape index (κ1) is 27.6. The lowest BCUT2D eigenvalue weighted by Crippen LogP contribution is -2.11. The Labute approximate surface area is 183 Å². The summed E-state index contributed by atoms with van der Waals surface area (Å²) in [7, 11) is 1.42. The molecule has 2 aromatic carbocycles. The van der Waals surface area contributed by atoms with Crippen LogP contribution in [0, 0.1) is 0 Å². The highest BCUT2D eigenvalue weighted by Gasteiger charge is 2.34. The first-order valence-corrected chi connectivity index (χ1v) is 10.7. The Morgan fingerprint density at radius 3 is 2.00 bits per heavy atom. The van der Waals surface area contributed by atoms with E-state index in [1.165, 1.54) is 39.4 Å². The average molecular weight is 488 g/mol. The van der Waals surface area contributed by atoms with Gasteiger partial charge in [0.05, 0.1) is 23.7 Å². The predicted octanol–water partition coefficient (Wildman–Crippen LogP) is 5.73. The fraction of sp³-hybridized carbons (Fsp3) is 0.400. The summed E-state index contributed by atoms with van der Waals surface area (Å²) in [5.74, 6) is 0.136. The molecule has 0 radical (unpaired) electrons. The molecule has 0 amide bonds. The molecule has 174 valence electrons. The van der Waals surface area contributed by atoms with Gasteiger partial charge in [0.25, 0.3) is 0 Å². The molecular weight excluding hydrogens is 465 g/mol. The molecule has 0 saturated carbocycles. The number of hydrogen-bond donors (Lipinski definition) is 2. The van der Waals surface area contributed by atoms with E-state index < -0.39 is 23.5 Å². The second kappa shape index (κ2) is 13.2. The topological polar surface area (TPSA) is 49.7 Å². The largest absolute Gasteiger partial charge is 0.493 e. The molecule has 2 N–H and O–H groups in total. The minimum Gasteiger partial charge on any atom is -0.493 e. The summed E-state index contributed by atoms with van der Waals surface area (Å²) in [6.45, 7) is 0.00378. The minimum atomic E-state index is -4.57. The number of rotatable bonds is 9. The van der Waals surface area contributed by atoms with Gasteiger partial charge >= 0.3 is 12.4 Å². The molecule has 11 heteroatoms. The van der Waals surface area contributed by atoms with E-state index in [9.17, 15) is 26.3 Å². The van der Waals surface area contributed by atoms with Crippen molar-refractivity contribution in [2.75, 3.05) is 18.3 Å². The zero-order valence-electron chi connectivity index (χ0n) is 16.3. The Hall–Kier alpha value is -1.48. The molecule has 0 bridgehead atoms. The maximum Gasteiger partial charge on any atom is 0.419 e. The maximum absolute atomic E-state index is 13.3. The van der Waals surface area contributed by atoms with Gasteiger partial charge in [-0.3, -0.25) is 0 Å². The van der Waals surface area contributed by atoms with Gasteiger partial charge in [-0.2, -0.15) is 26.3 Å². The summed E-state index contributed by atoms with van der Waals surface area (Å²) < 4.78 is 82.8. The summed E-state index contributed by atoms with van der Waals surface area (Å²) in [6, 6.07) is 8.53. The molecule has 0 aliphatic carbocycles. The summed E-state index contributed by atoms with van der Waals surface area (Å²) in [6.07, 6.45) is -7.84. The number of aliphatic hydroxyl groups excluding tert-OH is 1. The molecule has 31 heavy (non-hydrogen) atoms. The number of aryl methyl sites for hydroxylation is 2. The summed E-state index contributed by atoms with van der Waals surface area (Å²) in [5.41, 5.74) is -0.465. The Bertz CT molecular complexity index is 782. The third kappa shape index (κ3) is 9.68. The molecule has 0 aliphatic rings. The smallest absolute Gasteiger partial charge is 0.419 e. The van der Waals surface area contributed by atoms with Crippen molar-refractivity contribution in [3.05, 3.63) is 64.7 Å². The summed E-state index contributed by atoms with van der Waals surface area (Å²) in [4.78, 5) is 6.92. The molecule has 0 heterocycles. The standard InChI is InChI=1S/C20H20F6O2S.H3OP/c21-19(22,23)16-6-3-14(4-7-16)2-1-10-28-18-8-5-15(9-11-29-13-27)12-17(18)20(24,25)26;1-2/h3-8,12,27H,1-2,9-11,13H2;1H,2H2. The van der Waals surface area contributed by atoms with Gasteiger partial charge in [0, 0.05) is 0 Å². The van der Waals surface area contributed by atoms with Gasteiger partial charge in [0.2, 0.25) is 0 Å². The number of benzene rings is 2. The Morgan fingerprint density at radius 1 is 0.839 bits per heavy atom. The van der Waals surface area contributed by atoms with E-state index in [-0.39, 0.29) is 18.3 Å². The van der Waals surface area contributed by atoms with Crippen molar-refractivity contribution < 1.29 is 41.1 Å². The second-order valence-electron chi connectivity index (χ2n) is 6.26. The molecule has 2 aromatic rings. The molecule has 3 nitrogen and oxygen atoms in total. The number of ether oxygens (including phenoxy) is 1. The highest BCUT2D eigenvalue weighted by atomic mass is 32.2. The zero-order valence-corrected chi connectivity index (χ0v) is 18.3. The van der Waals surface area contributed by atoms with Crippen LogP contribution >= 0.6 is 21.2 Å². The summed E-state index contributed by atoms with van der Waals surface area (Å²) in [5, 5.41) is 8.74. The van der Waals surface area contributed by atoms with E-state index in [1.54, 1.807) is 6.07 Å². The Balaban J connectivity index is 0.00000233. The fourth-order valence-electron chi connectivity index (χ4n) is 2.65. The SMILES string of the molecule is OCSCCc1ccc(OCCCc2ccc(C(F)(F)F)cc2)c(C(F)(F)F)c1.OP. The van der Waals surface area contributed by atoms with Gasteiger partial charge in [-0.05, 0) is 69.9 Å². The first-order chi connectivity index (χ1) is 14.6. The lowest BCUT2D eigenvalue weighted by molar-refractivity contribution is -0.139. The summed E-state index contributed by atoms with van der Waals surface area (Å²) >= 11 is 1.22. The molecule has 0 spiro atoms. The van der Waals surface area contributed by atoms with Crippen molar-refractivity contribution in [3.8, 4) is 5.75 Å². The van der Waals surface area contributed by atoms with E-state index in [2.05, 4.69) is 0 Å². The number of halogens is 6. The van der Waals surface area contributed by atoms with E-state index in [1.807, 2.05) is 0 Å². The number of hydrogen-bond acceptors (Lipinski definition) is 4. The molecule has 0 aliphatic heterocycles. The van der Waals surface area contributed by atoms with Crippen LogP contribution in [-0.4, -0.2) is 28.3 Å². The van der Waals surface area contributed by atoms with E-state index >= 15 is 0 Å². The number of aliphatic hydroxyl groups is 1. The van der Waals surface area contributed by atoms with Crippen LogP contribution in [-0.2, 0) is 25.2 Å². The van der Waals surface area contributed by atoms with Crippen LogP contribution in [0.4, 0.5) is 26.3 Å². The van der Waals surface area contributed by atoms with Crippen molar-refractivity contribution in [2.45, 2.75) is 31.6 Å². The minimum absolute atomic E-state index is 0.00378. The van der Waals surface area contributed by atoms with Gasteiger partial charge in [-0.15, -0.1) is 11.8 Å². The van der Waals surface area contributed by atoms with Crippen molar-refractivity contribution in [2.24, 2.45) is 0 Å². The number of alkyl halides is 6. The zero-order chi connectivity index (χ0) is 23.5. The first-order valence-electron chi connectivity index (χ1n) is 9.04. The fourth-order valence-corrected chi connectivity index (χ4v) is 3.16. The van der Waals surface area contributed by atoms with Crippen molar-refractivity contribution in [1.29, 1.82) is 0 Å². The average Bonchev–Trinajstić information content (AvgIpc) is 2.72. The molecule has 2 rings (SSSR count). The van der Waals surface area contributed by atoms with Gasteiger partial charge in [0.1, 0.15) is 5.75 Å². The van der Waals surface area contributed by atoms with Crippen molar-refractivity contribution in [1.82, 2.24) is 0 Å². The molecule has 1 unspecified atom stereocenters. The maximum atomic E-state index is 13.3. The van der Waals surface area contributed by atoms with Crippen LogP contribution in [0.1, 0.15) is 28.7 Å². The molecular formula is C20H23F6O3PS. The molecule has 0 saturated heterocycles. The number of thioether (sulfide) groups is 1. The van der Waals surface area contributed by atoms with Crippen LogP contribution in [0.5, 0.6) is 5.75 Å². The van der Waals surface area contributed by atoms with Crippen molar-refractivity contribution in [3.63, 3.8) is 0 Å². The van der Waals surface area contributed by atoms with E-state index in [0.29, 0.717) is 36.1 Å². The van der Waals surface area contributed by atoms with Crippen LogP contribution in [0.25, 0.3) is 0 Å².